The number of carbonyl (C=O) groups is 2. The first-order valence-electron chi connectivity index (χ1n) is 9.27. The van der Waals surface area contributed by atoms with Gasteiger partial charge in [0.25, 0.3) is 0 Å². The summed E-state index contributed by atoms with van der Waals surface area (Å²) in [5.74, 6) is 0.0934. The van der Waals surface area contributed by atoms with Crippen molar-refractivity contribution < 1.29 is 14.7 Å². The largest absolute Gasteiger partial charge is 0.494 e. The fourth-order valence-electron chi connectivity index (χ4n) is 3.93. The zero-order valence-electron chi connectivity index (χ0n) is 15.0. The minimum atomic E-state index is -0.558. The fourth-order valence-corrected chi connectivity index (χ4v) is 4.17. The monoisotopic (exact) mass is 390 g/mol. The highest BCUT2D eigenvalue weighted by Gasteiger charge is 2.30. The van der Waals surface area contributed by atoms with E-state index in [2.05, 4.69) is 15.1 Å². The van der Waals surface area contributed by atoms with Gasteiger partial charge in [-0.1, -0.05) is 6.07 Å². The van der Waals surface area contributed by atoms with Crippen LogP contribution >= 0.6 is 11.6 Å². The zero-order valence-corrected chi connectivity index (χ0v) is 15.8. The van der Waals surface area contributed by atoms with Gasteiger partial charge < -0.3 is 14.6 Å². The van der Waals surface area contributed by atoms with E-state index in [1.807, 2.05) is 18.2 Å². The maximum atomic E-state index is 12.1. The Hall–Kier alpha value is -2.25. The van der Waals surface area contributed by atoms with Crippen LogP contribution in [0.3, 0.4) is 0 Å². The Labute approximate surface area is 162 Å². The Balaban J connectivity index is 1.57. The fraction of sp³-hybridized carbons (Fsp3) is 0.474. The molecule has 4 rings (SSSR count). The minimum absolute atomic E-state index is 0.0714. The molecule has 2 aliphatic heterocycles. The highest BCUT2D eigenvalue weighted by Crippen LogP contribution is 2.35. The van der Waals surface area contributed by atoms with Crippen molar-refractivity contribution in [1.29, 1.82) is 0 Å². The molecule has 1 aromatic carbocycles. The number of hydrogen-bond donors (Lipinski definition) is 2. The lowest BCUT2D eigenvalue weighted by atomic mass is 10.1. The smallest absolute Gasteiger partial charge is 0.249 e. The lowest BCUT2D eigenvalue weighted by Crippen LogP contribution is -2.46. The zero-order chi connectivity index (χ0) is 19.0. The lowest BCUT2D eigenvalue weighted by molar-refractivity contribution is -0.135. The summed E-state index contributed by atoms with van der Waals surface area (Å²) in [6.07, 6.45) is 2.46. The molecular weight excluding hydrogens is 368 g/mol. The predicted octanol–water partition coefficient (Wildman–Crippen LogP) is 1.69. The molecule has 144 valence electrons. The number of hydrogen-bond acceptors (Lipinski definition) is 5. The van der Waals surface area contributed by atoms with E-state index >= 15 is 0 Å². The van der Waals surface area contributed by atoms with E-state index in [0.717, 1.165) is 49.2 Å². The molecule has 2 aliphatic rings. The summed E-state index contributed by atoms with van der Waals surface area (Å²) < 4.78 is 1.58. The van der Waals surface area contributed by atoms with Crippen molar-refractivity contribution in [3.8, 4) is 5.88 Å². The number of piperidine rings is 1. The molecule has 8 heteroatoms. The van der Waals surface area contributed by atoms with E-state index in [1.54, 1.807) is 10.8 Å². The molecule has 3 heterocycles. The number of alkyl halides is 1. The topological polar surface area (TPSA) is 77.8 Å². The third-order valence-corrected chi connectivity index (χ3v) is 5.65. The van der Waals surface area contributed by atoms with Crippen LogP contribution in [-0.4, -0.2) is 65.0 Å². The lowest BCUT2D eigenvalue weighted by Gasteiger charge is -2.35. The van der Waals surface area contributed by atoms with Gasteiger partial charge in [0.05, 0.1) is 0 Å². The highest BCUT2D eigenvalue weighted by atomic mass is 35.5. The van der Waals surface area contributed by atoms with Gasteiger partial charge in [-0.3, -0.25) is 19.8 Å². The summed E-state index contributed by atoms with van der Waals surface area (Å²) in [5.41, 5.74) is 1.06. The van der Waals surface area contributed by atoms with Crippen molar-refractivity contribution >= 4 is 39.9 Å². The van der Waals surface area contributed by atoms with Crippen LogP contribution in [0, 0.1) is 0 Å². The van der Waals surface area contributed by atoms with E-state index in [9.17, 15) is 14.7 Å². The number of benzene rings is 1. The third-order valence-electron chi connectivity index (χ3n) is 5.48. The summed E-state index contributed by atoms with van der Waals surface area (Å²) in [7, 11) is 0. The summed E-state index contributed by atoms with van der Waals surface area (Å²) >= 11 is 5.82. The highest BCUT2D eigenvalue weighted by molar-refractivity contribution is 6.18. The minimum Gasteiger partial charge on any atom is -0.494 e. The molecule has 0 bridgehead atoms. The SMILES string of the molecule is O=C1CCC(n2cc3ccc(N4CCN(CCCl)CC4)cc3c2O)C(=O)N1. The van der Waals surface area contributed by atoms with Crippen LogP contribution in [0.5, 0.6) is 5.88 Å². The second kappa shape index (κ2) is 7.40. The number of halogens is 1. The van der Waals surface area contributed by atoms with E-state index < -0.39 is 6.04 Å². The van der Waals surface area contributed by atoms with Gasteiger partial charge in [0, 0.05) is 67.7 Å². The van der Waals surface area contributed by atoms with Crippen molar-refractivity contribution in [1.82, 2.24) is 14.8 Å². The molecule has 0 aliphatic carbocycles. The van der Waals surface area contributed by atoms with Gasteiger partial charge in [-0.25, -0.2) is 0 Å². The van der Waals surface area contributed by atoms with Crippen molar-refractivity contribution in [3.05, 3.63) is 24.4 Å². The molecule has 2 saturated heterocycles. The van der Waals surface area contributed by atoms with Crippen LogP contribution in [0.2, 0.25) is 0 Å². The predicted molar refractivity (Wildman–Crippen MR) is 104 cm³/mol. The number of aromatic hydroxyl groups is 1. The molecule has 2 amide bonds. The number of fused-ring (bicyclic) bond motifs is 1. The molecule has 0 saturated carbocycles. The van der Waals surface area contributed by atoms with Crippen molar-refractivity contribution in [3.63, 3.8) is 0 Å². The van der Waals surface area contributed by atoms with Gasteiger partial charge in [0.1, 0.15) is 6.04 Å². The average Bonchev–Trinajstić information content (AvgIpc) is 2.99. The average molecular weight is 391 g/mol. The molecule has 2 fully saturated rings. The molecule has 2 N–H and O–H groups in total. The first-order chi connectivity index (χ1) is 13.1. The first-order valence-corrected chi connectivity index (χ1v) is 9.81. The molecule has 1 unspecified atom stereocenters. The number of piperazine rings is 1. The number of rotatable bonds is 4. The van der Waals surface area contributed by atoms with Gasteiger partial charge in [-0.2, -0.15) is 0 Å². The van der Waals surface area contributed by atoms with E-state index in [4.69, 9.17) is 11.6 Å². The molecule has 27 heavy (non-hydrogen) atoms. The van der Waals surface area contributed by atoms with Crippen LogP contribution in [0.4, 0.5) is 5.69 Å². The molecule has 2 aromatic rings. The Bertz CT molecular complexity index is 873. The molecule has 1 atom stereocenters. The van der Waals surface area contributed by atoms with Crippen LogP contribution in [0.15, 0.2) is 24.4 Å². The standard InChI is InChI=1S/C19H23ClN4O3/c20-5-6-22-7-9-23(10-8-22)14-2-1-13-12-24(19(27)15(13)11-14)16-3-4-17(25)21-18(16)26/h1-2,11-12,16,27H,3-10H2,(H,21,25,26). The number of amides is 2. The molecule has 7 nitrogen and oxygen atoms in total. The Morgan fingerprint density at radius 2 is 1.96 bits per heavy atom. The van der Waals surface area contributed by atoms with E-state index in [1.165, 1.54) is 0 Å². The van der Waals surface area contributed by atoms with E-state index in [-0.39, 0.29) is 24.1 Å². The van der Waals surface area contributed by atoms with Crippen LogP contribution < -0.4 is 10.2 Å². The summed E-state index contributed by atoms with van der Waals surface area (Å²) in [6, 6.07) is 5.44. The second-order valence-electron chi connectivity index (χ2n) is 7.12. The van der Waals surface area contributed by atoms with E-state index in [0.29, 0.717) is 12.3 Å². The Morgan fingerprint density at radius 3 is 2.67 bits per heavy atom. The summed E-state index contributed by atoms with van der Waals surface area (Å²) in [4.78, 5) is 28.2. The summed E-state index contributed by atoms with van der Waals surface area (Å²) in [5, 5.41) is 14.7. The first kappa shape index (κ1) is 18.1. The van der Waals surface area contributed by atoms with Crippen molar-refractivity contribution in [2.24, 2.45) is 0 Å². The maximum absolute atomic E-state index is 12.1. The maximum Gasteiger partial charge on any atom is 0.249 e. The number of nitrogens with zero attached hydrogens (tertiary/aromatic N) is 3. The summed E-state index contributed by atoms with van der Waals surface area (Å²) in [6.45, 7) is 4.67. The molecule has 0 spiro atoms. The van der Waals surface area contributed by atoms with Crippen LogP contribution in [-0.2, 0) is 9.59 Å². The van der Waals surface area contributed by atoms with Gasteiger partial charge >= 0.3 is 0 Å². The third kappa shape index (κ3) is 3.49. The molecule has 0 radical (unpaired) electrons. The molecule has 1 aromatic heterocycles. The number of nitrogens with one attached hydrogen (secondary N) is 1. The molecular formula is C19H23ClN4O3. The van der Waals surface area contributed by atoms with Crippen molar-refractivity contribution in [2.45, 2.75) is 18.9 Å². The van der Waals surface area contributed by atoms with Crippen LogP contribution in [0.25, 0.3) is 10.8 Å². The number of imide groups is 1. The number of anilines is 1. The van der Waals surface area contributed by atoms with Gasteiger partial charge in [-0.05, 0) is 18.6 Å². The Kier molecular flexibility index (Phi) is 4.97. The van der Waals surface area contributed by atoms with Gasteiger partial charge in [0.15, 0.2) is 5.88 Å². The second-order valence-corrected chi connectivity index (χ2v) is 7.49. The Morgan fingerprint density at radius 1 is 1.19 bits per heavy atom. The van der Waals surface area contributed by atoms with Crippen LogP contribution in [0.1, 0.15) is 18.9 Å². The van der Waals surface area contributed by atoms with Gasteiger partial charge in [0.2, 0.25) is 11.8 Å². The number of carbonyl (C=O) groups excluding carboxylic acids is 2. The normalized spacial score (nSPS) is 21.7. The van der Waals surface area contributed by atoms with Crippen molar-refractivity contribution in [2.75, 3.05) is 43.5 Å². The van der Waals surface area contributed by atoms with Gasteiger partial charge in [-0.15, -0.1) is 11.6 Å². The quantitative estimate of drug-likeness (QED) is 0.613. The number of aromatic nitrogens is 1.